The summed E-state index contributed by atoms with van der Waals surface area (Å²) in [6.07, 6.45) is 0. The van der Waals surface area contributed by atoms with Gasteiger partial charge in [-0.1, -0.05) is 11.6 Å². The fraction of sp³-hybridized carbons (Fsp3) is 0.500. The highest BCUT2D eigenvalue weighted by Gasteiger charge is 2.17. The third-order valence-corrected chi connectivity index (χ3v) is 3.47. The number of hydrogen-bond acceptors (Lipinski definition) is 3. The maximum absolute atomic E-state index is 6.02. The largest absolute Gasteiger partial charge is 0.314 e. The average molecular weight is 203 g/mol. The minimum atomic E-state index is 0.409. The zero-order valence-electron chi connectivity index (χ0n) is 6.64. The lowest BCUT2D eigenvalue weighted by molar-refractivity contribution is 0.435. The van der Waals surface area contributed by atoms with Crippen molar-refractivity contribution in [2.75, 3.05) is 19.6 Å². The summed E-state index contributed by atoms with van der Waals surface area (Å²) in [5.41, 5.74) is 0. The van der Waals surface area contributed by atoms with Crippen LogP contribution in [-0.2, 0) is 0 Å². The molecule has 0 saturated carbocycles. The van der Waals surface area contributed by atoms with Crippen molar-refractivity contribution in [1.82, 2.24) is 10.6 Å². The third kappa shape index (κ3) is 1.64. The van der Waals surface area contributed by atoms with Crippen LogP contribution in [0.1, 0.15) is 10.9 Å². The lowest BCUT2D eigenvalue weighted by Crippen LogP contribution is -2.42. The summed E-state index contributed by atoms with van der Waals surface area (Å²) in [5.74, 6) is 0. The summed E-state index contributed by atoms with van der Waals surface area (Å²) in [5, 5.41) is 9.69. The van der Waals surface area contributed by atoms with Crippen LogP contribution in [0.5, 0.6) is 0 Å². The van der Waals surface area contributed by atoms with Gasteiger partial charge in [0.1, 0.15) is 0 Å². The lowest BCUT2D eigenvalue weighted by Gasteiger charge is -2.23. The topological polar surface area (TPSA) is 24.1 Å². The van der Waals surface area contributed by atoms with Gasteiger partial charge in [0.2, 0.25) is 0 Å². The molecule has 2 nitrogen and oxygen atoms in total. The van der Waals surface area contributed by atoms with E-state index in [-0.39, 0.29) is 0 Å². The first-order chi connectivity index (χ1) is 5.88. The van der Waals surface area contributed by atoms with Gasteiger partial charge >= 0.3 is 0 Å². The Bertz CT molecular complexity index is 255. The molecular formula is C8H11ClN2S. The van der Waals surface area contributed by atoms with E-state index in [1.807, 2.05) is 11.4 Å². The Labute approximate surface area is 80.9 Å². The monoisotopic (exact) mass is 202 g/mol. The van der Waals surface area contributed by atoms with Crippen LogP contribution >= 0.6 is 22.9 Å². The van der Waals surface area contributed by atoms with Gasteiger partial charge in [0, 0.05) is 24.5 Å². The van der Waals surface area contributed by atoms with Crippen molar-refractivity contribution >= 4 is 22.9 Å². The van der Waals surface area contributed by atoms with E-state index in [4.69, 9.17) is 11.6 Å². The minimum absolute atomic E-state index is 0.409. The number of nitrogens with one attached hydrogen (secondary N) is 2. The Hall–Kier alpha value is -0.0900. The SMILES string of the molecule is Clc1ccsc1C1CNCCN1. The van der Waals surface area contributed by atoms with Crippen LogP contribution in [0.25, 0.3) is 0 Å². The second-order valence-electron chi connectivity index (χ2n) is 2.84. The molecule has 0 radical (unpaired) electrons. The number of rotatable bonds is 1. The molecule has 2 heterocycles. The number of piperazine rings is 1. The van der Waals surface area contributed by atoms with Gasteiger partial charge in [0.05, 0.1) is 11.1 Å². The van der Waals surface area contributed by atoms with Gasteiger partial charge in [-0.15, -0.1) is 11.3 Å². The van der Waals surface area contributed by atoms with Crippen molar-refractivity contribution in [2.24, 2.45) is 0 Å². The third-order valence-electron chi connectivity index (χ3n) is 2.00. The van der Waals surface area contributed by atoms with Crippen molar-refractivity contribution < 1.29 is 0 Å². The summed E-state index contributed by atoms with van der Waals surface area (Å²) >= 11 is 7.74. The zero-order valence-corrected chi connectivity index (χ0v) is 8.21. The molecule has 1 saturated heterocycles. The molecule has 0 aliphatic carbocycles. The molecule has 66 valence electrons. The number of halogens is 1. The summed E-state index contributed by atoms with van der Waals surface area (Å²) in [4.78, 5) is 1.25. The second kappa shape index (κ2) is 3.75. The van der Waals surface area contributed by atoms with Gasteiger partial charge < -0.3 is 10.6 Å². The van der Waals surface area contributed by atoms with Crippen molar-refractivity contribution in [3.63, 3.8) is 0 Å². The van der Waals surface area contributed by atoms with Gasteiger partial charge in [-0.05, 0) is 11.4 Å². The van der Waals surface area contributed by atoms with Crippen LogP contribution < -0.4 is 10.6 Å². The van der Waals surface area contributed by atoms with Gasteiger partial charge in [0.25, 0.3) is 0 Å². The van der Waals surface area contributed by atoms with E-state index in [2.05, 4.69) is 10.6 Å². The standard InChI is InChI=1S/C8H11ClN2S/c9-6-1-4-12-8(6)7-5-10-2-3-11-7/h1,4,7,10-11H,2-3,5H2. The maximum Gasteiger partial charge on any atom is 0.0561 e. The number of thiophene rings is 1. The van der Waals surface area contributed by atoms with E-state index in [1.54, 1.807) is 11.3 Å². The molecule has 1 aromatic rings. The van der Waals surface area contributed by atoms with E-state index in [0.717, 1.165) is 24.7 Å². The Morgan fingerprint density at radius 1 is 1.50 bits per heavy atom. The van der Waals surface area contributed by atoms with Crippen molar-refractivity contribution in [1.29, 1.82) is 0 Å². The smallest absolute Gasteiger partial charge is 0.0561 e. The minimum Gasteiger partial charge on any atom is -0.314 e. The molecule has 0 spiro atoms. The fourth-order valence-electron chi connectivity index (χ4n) is 1.39. The first kappa shape index (κ1) is 8.51. The highest BCUT2D eigenvalue weighted by molar-refractivity contribution is 7.10. The van der Waals surface area contributed by atoms with Crippen molar-refractivity contribution in [2.45, 2.75) is 6.04 Å². The summed E-state index contributed by atoms with van der Waals surface area (Å²) in [6, 6.07) is 2.36. The first-order valence-electron chi connectivity index (χ1n) is 4.05. The van der Waals surface area contributed by atoms with Crippen LogP contribution in [0.4, 0.5) is 0 Å². The molecule has 12 heavy (non-hydrogen) atoms. The predicted molar refractivity (Wildman–Crippen MR) is 52.9 cm³/mol. The van der Waals surface area contributed by atoms with E-state index in [1.165, 1.54) is 4.88 Å². The molecule has 4 heteroatoms. The molecule has 2 rings (SSSR count). The quantitative estimate of drug-likeness (QED) is 0.724. The maximum atomic E-state index is 6.02. The Morgan fingerprint density at radius 3 is 3.00 bits per heavy atom. The van der Waals surface area contributed by atoms with Gasteiger partial charge in [-0.25, -0.2) is 0 Å². The van der Waals surface area contributed by atoms with E-state index < -0.39 is 0 Å². The van der Waals surface area contributed by atoms with Crippen LogP contribution in [0, 0.1) is 0 Å². The molecule has 1 aromatic heterocycles. The first-order valence-corrected chi connectivity index (χ1v) is 5.30. The second-order valence-corrected chi connectivity index (χ2v) is 4.20. The Kier molecular flexibility index (Phi) is 2.66. The normalized spacial score (nSPS) is 24.2. The summed E-state index contributed by atoms with van der Waals surface area (Å²) < 4.78 is 0. The fourth-order valence-corrected chi connectivity index (χ4v) is 2.66. The highest BCUT2D eigenvalue weighted by Crippen LogP contribution is 2.28. The van der Waals surface area contributed by atoms with Gasteiger partial charge in [-0.3, -0.25) is 0 Å². The van der Waals surface area contributed by atoms with Gasteiger partial charge in [0.15, 0.2) is 0 Å². The van der Waals surface area contributed by atoms with Crippen molar-refractivity contribution in [3.8, 4) is 0 Å². The molecule has 0 aromatic carbocycles. The van der Waals surface area contributed by atoms with Crippen LogP contribution in [-0.4, -0.2) is 19.6 Å². The van der Waals surface area contributed by atoms with E-state index >= 15 is 0 Å². The van der Waals surface area contributed by atoms with Crippen molar-refractivity contribution in [3.05, 3.63) is 21.3 Å². The Morgan fingerprint density at radius 2 is 2.42 bits per heavy atom. The predicted octanol–water partition coefficient (Wildman–Crippen LogP) is 1.64. The molecule has 1 aliphatic heterocycles. The van der Waals surface area contributed by atoms with E-state index in [0.29, 0.717) is 6.04 Å². The summed E-state index contributed by atoms with van der Waals surface area (Å²) in [6.45, 7) is 3.07. The molecule has 2 N–H and O–H groups in total. The van der Waals surface area contributed by atoms with Gasteiger partial charge in [-0.2, -0.15) is 0 Å². The van der Waals surface area contributed by atoms with Crippen LogP contribution in [0.2, 0.25) is 5.02 Å². The number of hydrogen-bond donors (Lipinski definition) is 2. The zero-order chi connectivity index (χ0) is 8.39. The average Bonchev–Trinajstić information content (AvgIpc) is 2.53. The molecule has 0 amide bonds. The molecule has 0 bridgehead atoms. The van der Waals surface area contributed by atoms with E-state index in [9.17, 15) is 0 Å². The van der Waals surface area contributed by atoms with Crippen LogP contribution in [0.3, 0.4) is 0 Å². The summed E-state index contributed by atoms with van der Waals surface area (Å²) in [7, 11) is 0. The molecule has 1 atom stereocenters. The molecule has 1 fully saturated rings. The van der Waals surface area contributed by atoms with Crippen LogP contribution in [0.15, 0.2) is 11.4 Å². The molecular weight excluding hydrogens is 192 g/mol. The Balaban J connectivity index is 2.13. The molecule has 1 aliphatic rings. The highest BCUT2D eigenvalue weighted by atomic mass is 35.5. The lowest BCUT2D eigenvalue weighted by atomic mass is 10.2. The molecule has 1 unspecified atom stereocenters.